The maximum Gasteiger partial charge on any atom is 0.0366 e. The minimum atomic E-state index is 0.678. The third kappa shape index (κ3) is 2.84. The smallest absolute Gasteiger partial charge is 0.0366 e. The van der Waals surface area contributed by atoms with Gasteiger partial charge in [0.2, 0.25) is 0 Å². The molecule has 2 aromatic carbocycles. The number of hydrogen-bond acceptors (Lipinski definition) is 1. The minimum absolute atomic E-state index is 0.678. The van der Waals surface area contributed by atoms with Crippen LogP contribution in [0.15, 0.2) is 54.6 Å². The second kappa shape index (κ2) is 5.79. The van der Waals surface area contributed by atoms with Crippen LogP contribution in [-0.4, -0.2) is 13.1 Å². The molecule has 1 heterocycles. The van der Waals surface area contributed by atoms with Crippen molar-refractivity contribution in [2.24, 2.45) is 0 Å². The molecule has 0 saturated carbocycles. The summed E-state index contributed by atoms with van der Waals surface area (Å²) < 4.78 is 0. The number of hydrogen-bond donors (Lipinski definition) is 0. The average Bonchev–Trinajstić information content (AvgIpc) is 2.98. The molecular formula is C17H18BrN. The van der Waals surface area contributed by atoms with Crippen LogP contribution in [0.4, 0.5) is 5.69 Å². The molecule has 0 amide bonds. The van der Waals surface area contributed by atoms with E-state index in [4.69, 9.17) is 0 Å². The first kappa shape index (κ1) is 12.7. The summed E-state index contributed by atoms with van der Waals surface area (Å²) in [5, 5.41) is 0.930. The van der Waals surface area contributed by atoms with Crippen molar-refractivity contribution in [1.82, 2.24) is 0 Å². The molecule has 1 nitrogen and oxygen atoms in total. The number of rotatable bonds is 3. The molecule has 1 aliphatic heterocycles. The Morgan fingerprint density at radius 2 is 1.74 bits per heavy atom. The average molecular weight is 316 g/mol. The molecule has 0 radical (unpaired) electrons. The molecule has 2 aromatic rings. The molecule has 1 fully saturated rings. The number of halogens is 1. The van der Waals surface area contributed by atoms with Gasteiger partial charge in [-0.05, 0) is 29.7 Å². The predicted molar refractivity (Wildman–Crippen MR) is 85.1 cm³/mol. The fraction of sp³-hybridized carbons (Fsp3) is 0.294. The Kier molecular flexibility index (Phi) is 3.88. The van der Waals surface area contributed by atoms with Crippen molar-refractivity contribution >= 4 is 21.6 Å². The van der Waals surface area contributed by atoms with E-state index < -0.39 is 0 Å². The highest BCUT2D eigenvalue weighted by Gasteiger charge is 2.23. The van der Waals surface area contributed by atoms with Gasteiger partial charge in [0.25, 0.3) is 0 Å². The van der Waals surface area contributed by atoms with Crippen molar-refractivity contribution in [3.05, 3.63) is 65.7 Å². The predicted octanol–water partition coefficient (Wildman–Crippen LogP) is 4.58. The first-order valence-electron chi connectivity index (χ1n) is 6.81. The summed E-state index contributed by atoms with van der Waals surface area (Å²) >= 11 is 3.49. The third-order valence-electron chi connectivity index (χ3n) is 3.92. The van der Waals surface area contributed by atoms with Gasteiger partial charge in [0, 0.05) is 30.0 Å². The van der Waals surface area contributed by atoms with E-state index in [-0.39, 0.29) is 0 Å². The van der Waals surface area contributed by atoms with Crippen molar-refractivity contribution in [3.8, 4) is 0 Å². The van der Waals surface area contributed by atoms with Gasteiger partial charge in [-0.3, -0.25) is 0 Å². The summed E-state index contributed by atoms with van der Waals surface area (Å²) in [6.07, 6.45) is 1.25. The van der Waals surface area contributed by atoms with Crippen LogP contribution in [0.1, 0.15) is 23.5 Å². The van der Waals surface area contributed by atoms with Crippen molar-refractivity contribution in [1.29, 1.82) is 0 Å². The van der Waals surface area contributed by atoms with Gasteiger partial charge in [-0.2, -0.15) is 0 Å². The molecule has 1 atom stereocenters. The number of anilines is 1. The van der Waals surface area contributed by atoms with Gasteiger partial charge in [0.05, 0.1) is 0 Å². The van der Waals surface area contributed by atoms with E-state index >= 15 is 0 Å². The lowest BCUT2D eigenvalue weighted by atomic mass is 9.99. The molecule has 3 rings (SSSR count). The van der Waals surface area contributed by atoms with E-state index in [2.05, 4.69) is 75.4 Å². The fourth-order valence-electron chi connectivity index (χ4n) is 2.79. The zero-order valence-corrected chi connectivity index (χ0v) is 12.5. The molecule has 2 heteroatoms. The van der Waals surface area contributed by atoms with E-state index in [1.165, 1.54) is 23.2 Å². The quantitative estimate of drug-likeness (QED) is 0.750. The molecule has 98 valence electrons. The van der Waals surface area contributed by atoms with Crippen LogP contribution in [0.3, 0.4) is 0 Å². The van der Waals surface area contributed by atoms with Crippen LogP contribution in [0.5, 0.6) is 0 Å². The topological polar surface area (TPSA) is 3.24 Å². The Labute approximate surface area is 123 Å². The Morgan fingerprint density at radius 1 is 1.00 bits per heavy atom. The minimum Gasteiger partial charge on any atom is -0.371 e. The summed E-state index contributed by atoms with van der Waals surface area (Å²) in [4.78, 5) is 2.50. The summed E-state index contributed by atoms with van der Waals surface area (Å²) in [6, 6.07) is 19.8. The van der Waals surface area contributed by atoms with Gasteiger partial charge >= 0.3 is 0 Å². The molecule has 0 aromatic heterocycles. The highest BCUT2D eigenvalue weighted by atomic mass is 79.9. The Balaban J connectivity index is 1.71. The first-order chi connectivity index (χ1) is 9.36. The van der Waals surface area contributed by atoms with Gasteiger partial charge in [-0.15, -0.1) is 0 Å². The van der Waals surface area contributed by atoms with Crippen molar-refractivity contribution in [2.75, 3.05) is 18.0 Å². The molecule has 1 aliphatic rings. The lowest BCUT2D eigenvalue weighted by molar-refractivity contribution is 0.775. The van der Waals surface area contributed by atoms with E-state index in [9.17, 15) is 0 Å². The van der Waals surface area contributed by atoms with Gasteiger partial charge in [0.15, 0.2) is 0 Å². The molecule has 0 spiro atoms. The van der Waals surface area contributed by atoms with Crippen LogP contribution in [-0.2, 0) is 5.33 Å². The van der Waals surface area contributed by atoms with Crippen LogP contribution in [0.25, 0.3) is 0 Å². The molecule has 1 unspecified atom stereocenters. The molecule has 0 bridgehead atoms. The fourth-order valence-corrected chi connectivity index (χ4v) is 3.16. The normalized spacial score (nSPS) is 18.8. The van der Waals surface area contributed by atoms with Crippen LogP contribution < -0.4 is 4.90 Å². The molecule has 0 N–H and O–H groups in total. The molecular weight excluding hydrogens is 298 g/mol. The maximum atomic E-state index is 3.49. The zero-order valence-electron chi connectivity index (χ0n) is 10.9. The summed E-state index contributed by atoms with van der Waals surface area (Å²) in [6.45, 7) is 2.30. The van der Waals surface area contributed by atoms with E-state index in [0.717, 1.165) is 18.4 Å². The van der Waals surface area contributed by atoms with Gasteiger partial charge in [-0.1, -0.05) is 58.4 Å². The van der Waals surface area contributed by atoms with Crippen LogP contribution in [0.2, 0.25) is 0 Å². The summed E-state index contributed by atoms with van der Waals surface area (Å²) in [5.74, 6) is 0.678. The lowest BCUT2D eigenvalue weighted by Gasteiger charge is -2.19. The zero-order chi connectivity index (χ0) is 13.1. The van der Waals surface area contributed by atoms with E-state index in [1.807, 2.05) is 0 Å². The first-order valence-corrected chi connectivity index (χ1v) is 7.94. The third-order valence-corrected chi connectivity index (χ3v) is 4.56. The van der Waals surface area contributed by atoms with Crippen LogP contribution >= 0.6 is 15.9 Å². The Morgan fingerprint density at radius 3 is 2.42 bits per heavy atom. The van der Waals surface area contributed by atoms with Gasteiger partial charge < -0.3 is 4.90 Å². The largest absolute Gasteiger partial charge is 0.371 e. The van der Waals surface area contributed by atoms with Crippen molar-refractivity contribution < 1.29 is 0 Å². The monoisotopic (exact) mass is 315 g/mol. The summed E-state index contributed by atoms with van der Waals surface area (Å²) in [5.41, 5.74) is 4.16. The standard InChI is InChI=1S/C17H18BrN/c18-12-14-6-8-17(9-7-14)19-11-10-16(13-19)15-4-2-1-3-5-15/h1-9,16H,10-13H2. The Hall–Kier alpha value is -1.28. The molecule has 19 heavy (non-hydrogen) atoms. The van der Waals surface area contributed by atoms with Gasteiger partial charge in [-0.25, -0.2) is 0 Å². The van der Waals surface area contributed by atoms with Crippen molar-refractivity contribution in [3.63, 3.8) is 0 Å². The second-order valence-electron chi connectivity index (χ2n) is 5.14. The van der Waals surface area contributed by atoms with Crippen LogP contribution in [0, 0.1) is 0 Å². The van der Waals surface area contributed by atoms with Gasteiger partial charge in [0.1, 0.15) is 0 Å². The number of alkyl halides is 1. The number of nitrogens with zero attached hydrogens (tertiary/aromatic N) is 1. The van der Waals surface area contributed by atoms with E-state index in [1.54, 1.807) is 0 Å². The van der Waals surface area contributed by atoms with Crippen molar-refractivity contribution in [2.45, 2.75) is 17.7 Å². The maximum absolute atomic E-state index is 3.49. The Bertz CT molecular complexity index is 521. The second-order valence-corrected chi connectivity index (χ2v) is 5.70. The lowest BCUT2D eigenvalue weighted by Crippen LogP contribution is -2.18. The highest BCUT2D eigenvalue weighted by Crippen LogP contribution is 2.30. The SMILES string of the molecule is BrCc1ccc(N2CCC(c3ccccc3)C2)cc1. The summed E-state index contributed by atoms with van der Waals surface area (Å²) in [7, 11) is 0. The number of benzene rings is 2. The highest BCUT2D eigenvalue weighted by molar-refractivity contribution is 9.08. The molecule has 0 aliphatic carbocycles. The van der Waals surface area contributed by atoms with E-state index in [0.29, 0.717) is 5.92 Å². The molecule has 1 saturated heterocycles.